The van der Waals surface area contributed by atoms with E-state index in [0.29, 0.717) is 5.82 Å². The van der Waals surface area contributed by atoms with Gasteiger partial charge in [0.25, 0.3) is 0 Å². The normalized spacial score (nSPS) is 15.3. The molecule has 1 aliphatic heterocycles. The maximum absolute atomic E-state index is 5.88. The number of imidazole rings is 1. The van der Waals surface area contributed by atoms with Crippen LogP contribution in [0.25, 0.3) is 16.8 Å². The fraction of sp³-hybridized carbons (Fsp3) is 0.294. The summed E-state index contributed by atoms with van der Waals surface area (Å²) in [4.78, 5) is 11.0. The Bertz CT molecular complexity index is 851. The van der Waals surface area contributed by atoms with E-state index in [1.165, 1.54) is 0 Å². The lowest BCUT2D eigenvalue weighted by Crippen LogP contribution is -2.36. The lowest BCUT2D eigenvalue weighted by atomic mass is 10.0. The summed E-state index contributed by atoms with van der Waals surface area (Å²) in [5.41, 5.74) is 11.3. The molecule has 2 N–H and O–H groups in total. The van der Waals surface area contributed by atoms with Crippen LogP contribution in [0.5, 0.6) is 0 Å². The summed E-state index contributed by atoms with van der Waals surface area (Å²) in [6.45, 7) is 5.30. The predicted octanol–water partition coefficient (Wildman–Crippen LogP) is 2.12. The minimum absolute atomic E-state index is 0.532. The van der Waals surface area contributed by atoms with E-state index in [1.807, 2.05) is 31.6 Å². The Kier molecular flexibility index (Phi) is 3.38. The van der Waals surface area contributed by atoms with Crippen molar-refractivity contribution in [2.24, 2.45) is 0 Å². The van der Waals surface area contributed by atoms with Crippen molar-refractivity contribution in [1.82, 2.24) is 14.4 Å². The van der Waals surface area contributed by atoms with Gasteiger partial charge in [-0.15, -0.1) is 0 Å². The average Bonchev–Trinajstić information content (AvgIpc) is 3.05. The highest BCUT2D eigenvalue weighted by Gasteiger charge is 2.17. The molecule has 0 aromatic carbocycles. The lowest BCUT2D eigenvalue weighted by Gasteiger charge is -2.29. The van der Waals surface area contributed by atoms with E-state index >= 15 is 0 Å². The van der Waals surface area contributed by atoms with Gasteiger partial charge in [-0.05, 0) is 30.2 Å². The Morgan fingerprint density at radius 2 is 2.00 bits per heavy atom. The minimum atomic E-state index is 0.532. The fourth-order valence-electron chi connectivity index (χ4n) is 3.05. The molecular weight excluding hydrogens is 290 g/mol. The third-order valence-electron chi connectivity index (χ3n) is 4.26. The van der Waals surface area contributed by atoms with Crippen molar-refractivity contribution in [2.75, 3.05) is 36.9 Å². The molecule has 0 amide bonds. The molecule has 0 atom stereocenters. The minimum Gasteiger partial charge on any atom is -0.384 e. The van der Waals surface area contributed by atoms with Gasteiger partial charge in [-0.3, -0.25) is 0 Å². The number of hydrogen-bond donors (Lipinski definition) is 1. The first-order valence-electron chi connectivity index (χ1n) is 7.74. The molecule has 3 aromatic heterocycles. The number of nitrogens with zero attached hydrogens (tertiary/aromatic N) is 4. The van der Waals surface area contributed by atoms with Crippen LogP contribution in [0.15, 0.2) is 36.9 Å². The number of pyridine rings is 2. The monoisotopic (exact) mass is 309 g/mol. The van der Waals surface area contributed by atoms with Gasteiger partial charge in [-0.1, -0.05) is 0 Å². The fourth-order valence-corrected chi connectivity index (χ4v) is 3.05. The van der Waals surface area contributed by atoms with Gasteiger partial charge < -0.3 is 19.8 Å². The van der Waals surface area contributed by atoms with Crippen LogP contribution in [-0.4, -0.2) is 40.7 Å². The summed E-state index contributed by atoms with van der Waals surface area (Å²) < 4.78 is 7.54. The third-order valence-corrected chi connectivity index (χ3v) is 4.26. The number of rotatable bonds is 2. The number of morpholine rings is 1. The molecule has 4 rings (SSSR count). The second-order valence-electron chi connectivity index (χ2n) is 5.80. The largest absolute Gasteiger partial charge is 0.384 e. The van der Waals surface area contributed by atoms with Crippen LogP contribution in [-0.2, 0) is 4.74 Å². The first kappa shape index (κ1) is 14.0. The van der Waals surface area contributed by atoms with Crippen LogP contribution < -0.4 is 10.6 Å². The molecule has 4 heterocycles. The highest BCUT2D eigenvalue weighted by atomic mass is 16.5. The summed E-state index contributed by atoms with van der Waals surface area (Å²) in [5.74, 6) is 0.532. The summed E-state index contributed by atoms with van der Waals surface area (Å²) in [6.07, 6.45) is 7.71. The number of nitrogens with two attached hydrogens (primary N) is 1. The Balaban J connectivity index is 1.89. The molecule has 0 aliphatic carbocycles. The molecule has 1 aliphatic rings. The number of nitrogen functional groups attached to an aromatic ring is 1. The van der Waals surface area contributed by atoms with E-state index in [-0.39, 0.29) is 0 Å². The Morgan fingerprint density at radius 3 is 2.83 bits per heavy atom. The van der Waals surface area contributed by atoms with Gasteiger partial charge in [0.2, 0.25) is 0 Å². The highest BCUT2D eigenvalue weighted by molar-refractivity contribution is 5.79. The first-order valence-corrected chi connectivity index (χ1v) is 7.74. The molecular formula is C17H19N5O. The van der Waals surface area contributed by atoms with Crippen LogP contribution in [0.3, 0.4) is 0 Å². The van der Waals surface area contributed by atoms with Crippen LogP contribution in [0.4, 0.5) is 11.5 Å². The van der Waals surface area contributed by atoms with E-state index in [9.17, 15) is 0 Å². The summed E-state index contributed by atoms with van der Waals surface area (Å²) in [6, 6.07) is 4.12. The lowest BCUT2D eigenvalue weighted by molar-refractivity contribution is 0.123. The van der Waals surface area contributed by atoms with Gasteiger partial charge in [0, 0.05) is 43.4 Å². The van der Waals surface area contributed by atoms with E-state index in [4.69, 9.17) is 10.5 Å². The van der Waals surface area contributed by atoms with Gasteiger partial charge in [-0.2, -0.15) is 0 Å². The van der Waals surface area contributed by atoms with Crippen LogP contribution in [0, 0.1) is 6.92 Å². The summed E-state index contributed by atoms with van der Waals surface area (Å²) >= 11 is 0. The van der Waals surface area contributed by atoms with E-state index in [2.05, 4.69) is 31.5 Å². The standard InChI is InChI=1S/C17H19N5O/c1-12-10-20-16(18)9-14(12)13-8-15(21-4-6-23-7-5-21)17-19-2-3-22(17)11-13/h2-3,8-11H,4-7H2,1H3,(H2,18,20). The molecule has 0 radical (unpaired) electrons. The van der Waals surface area contributed by atoms with Crippen molar-refractivity contribution >= 4 is 17.2 Å². The zero-order chi connectivity index (χ0) is 15.8. The Morgan fingerprint density at radius 1 is 1.17 bits per heavy atom. The molecule has 6 heteroatoms. The molecule has 0 unspecified atom stereocenters. The number of anilines is 2. The molecule has 3 aromatic rings. The van der Waals surface area contributed by atoms with Crippen molar-refractivity contribution < 1.29 is 4.74 Å². The third kappa shape index (κ3) is 2.51. The van der Waals surface area contributed by atoms with Crippen LogP contribution in [0.1, 0.15) is 5.56 Å². The predicted molar refractivity (Wildman–Crippen MR) is 90.6 cm³/mol. The molecule has 118 valence electrons. The SMILES string of the molecule is Cc1cnc(N)cc1-c1cc(N2CCOCC2)c2nccn2c1. The van der Waals surface area contributed by atoms with Crippen molar-refractivity contribution in [3.8, 4) is 11.1 Å². The zero-order valence-corrected chi connectivity index (χ0v) is 13.1. The summed E-state index contributed by atoms with van der Waals surface area (Å²) in [5, 5.41) is 0. The van der Waals surface area contributed by atoms with E-state index in [1.54, 1.807) is 0 Å². The topological polar surface area (TPSA) is 68.7 Å². The summed E-state index contributed by atoms with van der Waals surface area (Å²) in [7, 11) is 0. The second kappa shape index (κ2) is 5.55. The maximum Gasteiger partial charge on any atom is 0.160 e. The van der Waals surface area contributed by atoms with Gasteiger partial charge >= 0.3 is 0 Å². The molecule has 0 bridgehead atoms. The molecule has 0 spiro atoms. The number of hydrogen-bond acceptors (Lipinski definition) is 5. The number of aromatic nitrogens is 3. The highest BCUT2D eigenvalue weighted by Crippen LogP contribution is 2.31. The van der Waals surface area contributed by atoms with Crippen molar-refractivity contribution in [3.05, 3.63) is 42.5 Å². The van der Waals surface area contributed by atoms with Gasteiger partial charge in [0.15, 0.2) is 5.65 Å². The Hall–Kier alpha value is -2.60. The van der Waals surface area contributed by atoms with Crippen molar-refractivity contribution in [1.29, 1.82) is 0 Å². The quantitative estimate of drug-likeness (QED) is 0.785. The maximum atomic E-state index is 5.88. The molecule has 1 saturated heterocycles. The number of ether oxygens (including phenoxy) is 1. The van der Waals surface area contributed by atoms with E-state index in [0.717, 1.165) is 54.3 Å². The molecule has 1 fully saturated rings. The molecule has 0 saturated carbocycles. The Labute approximate surface area is 134 Å². The van der Waals surface area contributed by atoms with E-state index < -0.39 is 0 Å². The average molecular weight is 309 g/mol. The number of fused-ring (bicyclic) bond motifs is 1. The van der Waals surface area contributed by atoms with Crippen molar-refractivity contribution in [2.45, 2.75) is 6.92 Å². The van der Waals surface area contributed by atoms with Crippen molar-refractivity contribution in [3.63, 3.8) is 0 Å². The van der Waals surface area contributed by atoms with Gasteiger partial charge in [0.1, 0.15) is 5.82 Å². The zero-order valence-electron chi connectivity index (χ0n) is 13.1. The molecule has 23 heavy (non-hydrogen) atoms. The molecule has 6 nitrogen and oxygen atoms in total. The van der Waals surface area contributed by atoms with Crippen LogP contribution >= 0.6 is 0 Å². The van der Waals surface area contributed by atoms with Gasteiger partial charge in [0.05, 0.1) is 18.9 Å². The number of aryl methyl sites for hydroxylation is 1. The smallest absolute Gasteiger partial charge is 0.160 e. The van der Waals surface area contributed by atoms with Crippen LogP contribution in [0.2, 0.25) is 0 Å². The first-order chi connectivity index (χ1) is 11.2. The second-order valence-corrected chi connectivity index (χ2v) is 5.80. The van der Waals surface area contributed by atoms with Gasteiger partial charge in [-0.25, -0.2) is 9.97 Å².